The normalized spacial score (nSPS) is 12.8. The van der Waals surface area contributed by atoms with E-state index in [-0.39, 0.29) is 11.8 Å². The van der Waals surface area contributed by atoms with Crippen LogP contribution in [-0.4, -0.2) is 38.1 Å². The average Bonchev–Trinajstić information content (AvgIpc) is 2.76. The minimum atomic E-state index is -1.60. The molecule has 0 spiro atoms. The number of nitrogens with two attached hydrogens (primary N) is 1. The molecule has 3 rings (SSSR count). The van der Waals surface area contributed by atoms with Gasteiger partial charge in [-0.3, -0.25) is 19.0 Å². The fourth-order valence-electron chi connectivity index (χ4n) is 3.51. The van der Waals surface area contributed by atoms with Crippen LogP contribution < -0.4 is 22.3 Å². The van der Waals surface area contributed by atoms with Crippen molar-refractivity contribution >= 4 is 28.7 Å². The van der Waals surface area contributed by atoms with Crippen LogP contribution in [0.5, 0.6) is 0 Å². The van der Waals surface area contributed by atoms with E-state index in [1.54, 1.807) is 48.5 Å². The maximum absolute atomic E-state index is 13.2. The summed E-state index contributed by atoms with van der Waals surface area (Å²) in [5, 5.41) is 11.8. The van der Waals surface area contributed by atoms with Crippen molar-refractivity contribution in [3.8, 4) is 0 Å². The summed E-state index contributed by atoms with van der Waals surface area (Å²) in [5.74, 6) is -3.28. The third-order valence-corrected chi connectivity index (χ3v) is 5.11. The quantitative estimate of drug-likeness (QED) is 0.447. The minimum Gasteiger partial charge on any atom is -0.480 e. The molecule has 1 aromatic heterocycles. The lowest BCUT2D eigenvalue weighted by Crippen LogP contribution is -2.51. The van der Waals surface area contributed by atoms with Crippen LogP contribution in [0.2, 0.25) is 0 Å². The van der Waals surface area contributed by atoms with Crippen molar-refractivity contribution in [2.75, 3.05) is 0 Å². The van der Waals surface area contributed by atoms with Crippen molar-refractivity contribution < 1.29 is 19.5 Å². The minimum absolute atomic E-state index is 0.0525. The van der Waals surface area contributed by atoms with Gasteiger partial charge in [-0.25, -0.2) is 14.2 Å². The lowest BCUT2D eigenvalue weighted by molar-refractivity contribution is -0.143. The average molecular weight is 438 g/mol. The third-order valence-electron chi connectivity index (χ3n) is 5.11. The number of aliphatic carboxylic acids is 1. The Bertz CT molecular complexity index is 1300. The Hall–Kier alpha value is -4.21. The standard InChI is InChI=1S/C22H22N4O6/c1-25-16-10-6-5-9-14(16)20(29)26(22(25)32)17(11-13-7-3-2-4-8-13)19(28)24-15(21(30)31)12-18(23)27/h2-10,15,17H,11-12H2,1H3,(H2,23,27)(H,24,28)(H,30,31). The number of para-hydroxylation sites is 1. The predicted molar refractivity (Wildman–Crippen MR) is 116 cm³/mol. The summed E-state index contributed by atoms with van der Waals surface area (Å²) in [6.45, 7) is 0. The first-order valence-corrected chi connectivity index (χ1v) is 9.76. The van der Waals surface area contributed by atoms with Crippen molar-refractivity contribution in [2.24, 2.45) is 12.8 Å². The van der Waals surface area contributed by atoms with Crippen LogP contribution in [0.3, 0.4) is 0 Å². The van der Waals surface area contributed by atoms with Crippen LogP contribution in [0, 0.1) is 0 Å². The SMILES string of the molecule is Cn1c(=O)n(C(Cc2ccccc2)C(=O)NC(CC(N)=O)C(=O)O)c(=O)c2ccccc21. The molecule has 2 unspecified atom stereocenters. The van der Waals surface area contributed by atoms with Crippen molar-refractivity contribution in [1.82, 2.24) is 14.5 Å². The highest BCUT2D eigenvalue weighted by molar-refractivity contribution is 5.90. The Balaban J connectivity index is 2.15. The largest absolute Gasteiger partial charge is 0.480 e. The lowest BCUT2D eigenvalue weighted by Gasteiger charge is -2.22. The first-order valence-electron chi connectivity index (χ1n) is 9.76. The zero-order chi connectivity index (χ0) is 23.4. The number of hydrogen-bond acceptors (Lipinski definition) is 5. The summed E-state index contributed by atoms with van der Waals surface area (Å²) in [4.78, 5) is 62.2. The first kappa shape index (κ1) is 22.5. The molecule has 166 valence electrons. The number of carbonyl (C=O) groups is 3. The third kappa shape index (κ3) is 4.59. The molecule has 10 nitrogen and oxygen atoms in total. The van der Waals surface area contributed by atoms with Crippen LogP contribution in [0.15, 0.2) is 64.2 Å². The zero-order valence-electron chi connectivity index (χ0n) is 17.2. The van der Waals surface area contributed by atoms with E-state index in [2.05, 4.69) is 5.32 Å². The number of fused-ring (bicyclic) bond motifs is 1. The number of carbonyl (C=O) groups excluding carboxylic acids is 2. The van der Waals surface area contributed by atoms with E-state index in [1.807, 2.05) is 0 Å². The van der Waals surface area contributed by atoms with Gasteiger partial charge in [0.1, 0.15) is 12.1 Å². The highest BCUT2D eigenvalue weighted by Gasteiger charge is 2.30. The molecule has 0 saturated carbocycles. The van der Waals surface area contributed by atoms with E-state index in [9.17, 15) is 29.1 Å². The molecule has 0 aliphatic carbocycles. The van der Waals surface area contributed by atoms with Crippen LogP contribution in [0.4, 0.5) is 0 Å². The predicted octanol–water partition coefficient (Wildman–Crippen LogP) is -0.0712. The van der Waals surface area contributed by atoms with Crippen LogP contribution in [0.1, 0.15) is 18.0 Å². The van der Waals surface area contributed by atoms with Gasteiger partial charge in [0.2, 0.25) is 11.8 Å². The summed E-state index contributed by atoms with van der Waals surface area (Å²) in [6.07, 6.45) is -0.688. The van der Waals surface area contributed by atoms with E-state index >= 15 is 0 Å². The molecule has 0 aliphatic rings. The summed E-state index contributed by atoms with van der Waals surface area (Å²) in [6, 6.07) is 12.2. The summed E-state index contributed by atoms with van der Waals surface area (Å²) < 4.78 is 2.06. The maximum atomic E-state index is 13.2. The van der Waals surface area contributed by atoms with Crippen LogP contribution in [0.25, 0.3) is 10.9 Å². The molecule has 1 heterocycles. The molecule has 0 bridgehead atoms. The number of aryl methyl sites for hydroxylation is 1. The number of benzene rings is 2. The van der Waals surface area contributed by atoms with Gasteiger partial charge < -0.3 is 16.2 Å². The number of aromatic nitrogens is 2. The fourth-order valence-corrected chi connectivity index (χ4v) is 3.51. The van der Waals surface area contributed by atoms with E-state index in [4.69, 9.17) is 5.73 Å². The Kier molecular flexibility index (Phi) is 6.53. The molecular weight excluding hydrogens is 416 g/mol. The van der Waals surface area contributed by atoms with Gasteiger partial charge in [0.25, 0.3) is 5.56 Å². The molecule has 0 saturated heterocycles. The number of carboxylic acid groups (broad SMARTS) is 1. The first-order chi connectivity index (χ1) is 15.2. The van der Waals surface area contributed by atoms with Crippen molar-refractivity contribution in [1.29, 1.82) is 0 Å². The summed E-state index contributed by atoms with van der Waals surface area (Å²) in [5.41, 5.74) is 4.72. The second kappa shape index (κ2) is 9.29. The molecule has 2 amide bonds. The lowest BCUT2D eigenvalue weighted by atomic mass is 10.0. The number of primary amides is 1. The van der Waals surface area contributed by atoms with Crippen molar-refractivity contribution in [3.63, 3.8) is 0 Å². The second-order valence-electron chi connectivity index (χ2n) is 7.31. The van der Waals surface area contributed by atoms with Crippen LogP contribution in [-0.2, 0) is 27.9 Å². The number of nitrogens with zero attached hydrogens (tertiary/aromatic N) is 2. The van der Waals surface area contributed by atoms with E-state index in [1.165, 1.54) is 17.7 Å². The van der Waals surface area contributed by atoms with Gasteiger partial charge in [0, 0.05) is 13.5 Å². The van der Waals surface area contributed by atoms with Gasteiger partial charge in [-0.15, -0.1) is 0 Å². The molecule has 3 aromatic rings. The number of rotatable bonds is 8. The summed E-state index contributed by atoms with van der Waals surface area (Å²) in [7, 11) is 1.48. The van der Waals surface area contributed by atoms with Crippen molar-refractivity contribution in [2.45, 2.75) is 24.9 Å². The highest BCUT2D eigenvalue weighted by Crippen LogP contribution is 2.15. The number of nitrogens with one attached hydrogen (secondary N) is 1. The van der Waals surface area contributed by atoms with E-state index in [0.717, 1.165) is 4.57 Å². The molecule has 2 atom stereocenters. The topological polar surface area (TPSA) is 153 Å². The molecule has 2 aromatic carbocycles. The second-order valence-corrected chi connectivity index (χ2v) is 7.31. The van der Waals surface area contributed by atoms with Gasteiger partial charge in [-0.2, -0.15) is 0 Å². The maximum Gasteiger partial charge on any atom is 0.331 e. The Morgan fingerprint density at radius 1 is 1.03 bits per heavy atom. The van der Waals surface area contributed by atoms with E-state index < -0.39 is 47.5 Å². The van der Waals surface area contributed by atoms with Gasteiger partial charge >= 0.3 is 11.7 Å². The molecule has 0 fully saturated rings. The van der Waals surface area contributed by atoms with Crippen LogP contribution >= 0.6 is 0 Å². The molecule has 0 radical (unpaired) electrons. The van der Waals surface area contributed by atoms with Crippen molar-refractivity contribution in [3.05, 3.63) is 81.0 Å². The molecule has 32 heavy (non-hydrogen) atoms. The summed E-state index contributed by atoms with van der Waals surface area (Å²) >= 11 is 0. The Labute approximate surface area is 181 Å². The molecule has 0 aliphatic heterocycles. The number of hydrogen-bond donors (Lipinski definition) is 3. The Morgan fingerprint density at radius 3 is 2.28 bits per heavy atom. The molecular formula is C22H22N4O6. The van der Waals surface area contributed by atoms with E-state index in [0.29, 0.717) is 11.1 Å². The highest BCUT2D eigenvalue weighted by atomic mass is 16.4. The number of amides is 2. The fraction of sp³-hybridized carbons (Fsp3) is 0.227. The monoisotopic (exact) mass is 438 g/mol. The Morgan fingerprint density at radius 2 is 1.66 bits per heavy atom. The van der Waals surface area contributed by atoms with Gasteiger partial charge in [-0.1, -0.05) is 42.5 Å². The zero-order valence-corrected chi connectivity index (χ0v) is 17.2. The van der Waals surface area contributed by atoms with Gasteiger partial charge in [0.15, 0.2) is 0 Å². The molecule has 10 heteroatoms. The van der Waals surface area contributed by atoms with Gasteiger partial charge in [0.05, 0.1) is 17.3 Å². The molecule has 4 N–H and O–H groups in total. The van der Waals surface area contributed by atoms with Gasteiger partial charge in [-0.05, 0) is 17.7 Å². The number of carboxylic acids is 1. The smallest absolute Gasteiger partial charge is 0.331 e.